The molecule has 0 radical (unpaired) electrons. The summed E-state index contributed by atoms with van der Waals surface area (Å²) < 4.78 is 9.80. The third-order valence-electron chi connectivity index (χ3n) is 15.2. The van der Waals surface area contributed by atoms with Crippen LogP contribution >= 0.6 is 11.3 Å². The maximum absolute atomic E-state index is 7.14. The van der Waals surface area contributed by atoms with Crippen LogP contribution in [-0.2, 0) is 16.2 Å². The monoisotopic (exact) mass is 774 g/mol. The Morgan fingerprint density at radius 1 is 0.672 bits per heavy atom. The van der Waals surface area contributed by atoms with Gasteiger partial charge in [0.15, 0.2) is 0 Å². The minimum atomic E-state index is -0.0757. The molecule has 0 spiro atoms. The first-order chi connectivity index (χ1) is 27.7. The number of hydrogen-bond acceptors (Lipinski definition) is 4. The van der Waals surface area contributed by atoms with Gasteiger partial charge < -0.3 is 14.1 Å². The molecule has 58 heavy (non-hydrogen) atoms. The molecule has 12 rings (SSSR count). The first-order valence-corrected chi connectivity index (χ1v) is 22.3. The number of anilines is 4. The Morgan fingerprint density at radius 2 is 1.41 bits per heavy atom. The zero-order valence-electron chi connectivity index (χ0n) is 35.4. The smallest absolute Gasteiger partial charge is 0.333 e. The van der Waals surface area contributed by atoms with Crippen LogP contribution in [0.3, 0.4) is 0 Å². The van der Waals surface area contributed by atoms with Crippen LogP contribution in [0, 0.1) is 6.92 Å². The molecule has 288 valence electrons. The zero-order valence-corrected chi connectivity index (χ0v) is 36.2. The zero-order chi connectivity index (χ0) is 39.8. The molecule has 8 aromatic rings. The third kappa shape index (κ3) is 4.31. The predicted molar refractivity (Wildman–Crippen MR) is 251 cm³/mol. The molecule has 1 fully saturated rings. The lowest BCUT2D eigenvalue weighted by Crippen LogP contribution is -2.64. The summed E-state index contributed by atoms with van der Waals surface area (Å²) in [7, 11) is 0. The summed E-state index contributed by atoms with van der Waals surface area (Å²) in [6.07, 6.45) is 4.88. The van der Waals surface area contributed by atoms with E-state index < -0.39 is 0 Å². The van der Waals surface area contributed by atoms with Gasteiger partial charge in [-0.05, 0) is 107 Å². The largest absolute Gasteiger partial charge is 0.455 e. The fourth-order valence-corrected chi connectivity index (χ4v) is 13.0. The first-order valence-electron chi connectivity index (χ1n) is 21.5. The highest BCUT2D eigenvalue weighted by Crippen LogP contribution is 2.63. The van der Waals surface area contributed by atoms with Gasteiger partial charge >= 0.3 is 6.85 Å². The molecule has 2 unspecified atom stereocenters. The normalized spacial score (nSPS) is 20.9. The van der Waals surface area contributed by atoms with Gasteiger partial charge in [0.2, 0.25) is 0 Å². The van der Waals surface area contributed by atoms with Gasteiger partial charge in [0.05, 0.1) is 5.54 Å². The summed E-state index contributed by atoms with van der Waals surface area (Å²) in [4.78, 5) is 5.63. The summed E-state index contributed by atoms with van der Waals surface area (Å²) in [6.45, 7) is 21.7. The molecule has 3 nitrogen and oxygen atoms in total. The number of aryl methyl sites for hydroxylation is 1. The molecule has 0 saturated heterocycles. The quantitative estimate of drug-likeness (QED) is 0.155. The topological polar surface area (TPSA) is 19.6 Å². The Morgan fingerprint density at radius 3 is 2.19 bits per heavy atom. The van der Waals surface area contributed by atoms with Gasteiger partial charge in [-0.1, -0.05) is 122 Å². The number of nitrogens with zero attached hydrogens (tertiary/aromatic N) is 2. The lowest BCUT2D eigenvalue weighted by molar-refractivity contribution is 0.195. The number of furan rings is 1. The molecule has 2 aromatic heterocycles. The first kappa shape index (κ1) is 35.0. The number of rotatable bonds is 1. The fraction of sp³-hybridized carbons (Fsp3) is 0.321. The van der Waals surface area contributed by atoms with Gasteiger partial charge in [-0.2, -0.15) is 0 Å². The Bertz CT molecular complexity index is 3120. The van der Waals surface area contributed by atoms with E-state index in [-0.39, 0.29) is 28.6 Å². The van der Waals surface area contributed by atoms with E-state index in [1.807, 2.05) is 11.3 Å². The summed E-state index contributed by atoms with van der Waals surface area (Å²) in [5.74, 6) is 0. The van der Waals surface area contributed by atoms with Crippen molar-refractivity contribution in [2.24, 2.45) is 0 Å². The highest BCUT2D eigenvalue weighted by atomic mass is 32.1. The van der Waals surface area contributed by atoms with Gasteiger partial charge in [-0.3, -0.25) is 0 Å². The highest BCUT2D eigenvalue weighted by Gasteiger charge is 2.62. The molecule has 0 N–H and O–H groups in total. The number of fused-ring (bicyclic) bond motifs is 14. The van der Waals surface area contributed by atoms with Gasteiger partial charge in [0.1, 0.15) is 11.2 Å². The van der Waals surface area contributed by atoms with Crippen molar-refractivity contribution in [3.8, 4) is 11.1 Å². The average molecular weight is 775 g/mol. The van der Waals surface area contributed by atoms with E-state index in [9.17, 15) is 0 Å². The summed E-state index contributed by atoms with van der Waals surface area (Å²) in [5.41, 5.74) is 18.3. The summed E-state index contributed by atoms with van der Waals surface area (Å²) in [6, 6.07) is 37.8. The molecule has 0 bridgehead atoms. The van der Waals surface area contributed by atoms with Crippen LogP contribution < -0.4 is 20.6 Å². The van der Waals surface area contributed by atoms with E-state index >= 15 is 0 Å². The van der Waals surface area contributed by atoms with Crippen LogP contribution in [0.25, 0.3) is 53.2 Å². The van der Waals surface area contributed by atoms with Crippen LogP contribution in [0.5, 0.6) is 0 Å². The molecule has 1 saturated carbocycles. The van der Waals surface area contributed by atoms with Crippen molar-refractivity contribution in [3.63, 3.8) is 0 Å². The van der Waals surface area contributed by atoms with Crippen LogP contribution in [0.1, 0.15) is 103 Å². The second kappa shape index (κ2) is 11.2. The maximum Gasteiger partial charge on any atom is 0.333 e. The van der Waals surface area contributed by atoms with Crippen molar-refractivity contribution >= 4 is 94.0 Å². The molecular weight excluding hydrogens is 723 g/mol. The molecule has 5 heterocycles. The predicted octanol–water partition coefficient (Wildman–Crippen LogP) is 13.8. The molecule has 0 amide bonds. The van der Waals surface area contributed by atoms with Gasteiger partial charge in [-0.25, -0.2) is 0 Å². The van der Waals surface area contributed by atoms with Crippen molar-refractivity contribution in [1.29, 1.82) is 0 Å². The van der Waals surface area contributed by atoms with E-state index in [1.165, 1.54) is 118 Å². The Hall–Kier alpha value is -5.00. The van der Waals surface area contributed by atoms with E-state index in [4.69, 9.17) is 4.42 Å². The minimum Gasteiger partial charge on any atom is -0.455 e. The molecule has 1 aliphatic carbocycles. The van der Waals surface area contributed by atoms with Crippen LogP contribution in [-0.4, -0.2) is 12.4 Å². The Kier molecular flexibility index (Phi) is 6.75. The number of para-hydroxylation sites is 1. The third-order valence-corrected chi connectivity index (χ3v) is 16.3. The number of thiophene rings is 1. The molecule has 2 atom stereocenters. The van der Waals surface area contributed by atoms with Crippen LogP contribution in [0.15, 0.2) is 101 Å². The lowest BCUT2D eigenvalue weighted by Gasteiger charge is -2.53. The molecule has 6 aromatic carbocycles. The van der Waals surface area contributed by atoms with Gasteiger partial charge in [0, 0.05) is 70.2 Å². The van der Waals surface area contributed by atoms with Gasteiger partial charge in [0.25, 0.3) is 0 Å². The summed E-state index contributed by atoms with van der Waals surface area (Å²) >= 11 is 1.91. The maximum atomic E-state index is 7.14. The van der Waals surface area contributed by atoms with E-state index in [1.54, 1.807) is 5.56 Å². The van der Waals surface area contributed by atoms with Crippen molar-refractivity contribution < 1.29 is 4.42 Å². The molecule has 4 aliphatic rings. The number of hydrogen-bond donors (Lipinski definition) is 0. The molecular formula is C53H51BN2OS. The van der Waals surface area contributed by atoms with Crippen molar-refractivity contribution in [2.45, 2.75) is 110 Å². The van der Waals surface area contributed by atoms with E-state index in [2.05, 4.69) is 169 Å². The fourth-order valence-electron chi connectivity index (χ4n) is 11.9. The Labute approximate surface area is 346 Å². The van der Waals surface area contributed by atoms with Crippen molar-refractivity contribution in [2.75, 3.05) is 9.71 Å². The van der Waals surface area contributed by atoms with Crippen LogP contribution in [0.4, 0.5) is 22.7 Å². The molecule has 5 heteroatoms. The lowest BCUT2D eigenvalue weighted by atomic mass is 9.43. The van der Waals surface area contributed by atoms with Gasteiger partial charge in [-0.15, -0.1) is 11.3 Å². The second-order valence-electron chi connectivity index (χ2n) is 20.5. The average Bonchev–Trinajstić information content (AvgIpc) is 3.81. The second-order valence-corrected chi connectivity index (χ2v) is 21.6. The van der Waals surface area contributed by atoms with Crippen LogP contribution in [0.2, 0.25) is 0 Å². The van der Waals surface area contributed by atoms with Crippen molar-refractivity contribution in [1.82, 2.24) is 0 Å². The van der Waals surface area contributed by atoms with E-state index in [0.29, 0.717) is 0 Å². The standard InChI is InChI=1S/C53H51BN2OS/c1-30-24-31(50(2,3)4)20-21-40(30)56-41-29-45-35(34-17-11-13-19-44(34)58-45)27-37(41)46-47-42(28-36-33-16-10-12-18-43(33)57-49(36)46)55-48-38(52(8)22-14-15-23-53(52,55)9)25-32(51(5,6)7)26-39(48)54(47)56/h10-13,16-21,24-29H,14-15,22-23H2,1-9H3. The van der Waals surface area contributed by atoms with E-state index in [0.717, 1.165) is 11.2 Å². The number of benzene rings is 6. The summed E-state index contributed by atoms with van der Waals surface area (Å²) in [5, 5.41) is 5.05. The highest BCUT2D eigenvalue weighted by molar-refractivity contribution is 7.25. The Balaban J connectivity index is 1.30. The molecule has 3 aliphatic heterocycles. The van der Waals surface area contributed by atoms with Crippen molar-refractivity contribution in [3.05, 3.63) is 119 Å². The SMILES string of the molecule is Cc1cc(C(C)(C)C)ccc1N1B2c3cc(C(C)(C)C)cc4c3N(c3cc5c(oc6ccccc65)c(c32)-c2cc3c(cc21)sc1ccccc13)C1(C)CCCCC41C. The minimum absolute atomic E-state index is 0.00781.